The van der Waals surface area contributed by atoms with Gasteiger partial charge in [0.2, 0.25) is 0 Å². The fraction of sp³-hybridized carbons (Fsp3) is 0.600. The molecule has 2 rings (SSSR count). The van der Waals surface area contributed by atoms with Gasteiger partial charge in [0.15, 0.2) is 0 Å². The molecule has 0 bridgehead atoms. The van der Waals surface area contributed by atoms with Crippen LogP contribution in [0.2, 0.25) is 5.02 Å². The fourth-order valence-corrected chi connectivity index (χ4v) is 2.54. The summed E-state index contributed by atoms with van der Waals surface area (Å²) in [4.78, 5) is 2.34. The van der Waals surface area contributed by atoms with Gasteiger partial charge in [-0.3, -0.25) is 0 Å². The Morgan fingerprint density at radius 2 is 1.94 bits per heavy atom. The van der Waals surface area contributed by atoms with Gasteiger partial charge in [-0.1, -0.05) is 30.7 Å². The van der Waals surface area contributed by atoms with E-state index in [0.29, 0.717) is 6.04 Å². The maximum atomic E-state index is 5.90. The highest BCUT2D eigenvalue weighted by Gasteiger charge is 2.29. The number of hydrogen-bond acceptors (Lipinski definition) is 2. The first-order valence-corrected chi connectivity index (χ1v) is 7.24. The zero-order chi connectivity index (χ0) is 13.0. The topological polar surface area (TPSA) is 15.3 Å². The molecule has 1 N–H and O–H groups in total. The quantitative estimate of drug-likeness (QED) is 0.851. The van der Waals surface area contributed by atoms with Gasteiger partial charge in [0.25, 0.3) is 0 Å². The van der Waals surface area contributed by atoms with Crippen molar-refractivity contribution in [1.29, 1.82) is 0 Å². The van der Waals surface area contributed by atoms with Gasteiger partial charge in [-0.25, -0.2) is 0 Å². The van der Waals surface area contributed by atoms with Crippen LogP contribution in [0.25, 0.3) is 0 Å². The van der Waals surface area contributed by atoms with E-state index in [1.807, 2.05) is 12.1 Å². The Morgan fingerprint density at radius 1 is 1.28 bits per heavy atom. The third kappa shape index (κ3) is 3.71. The summed E-state index contributed by atoms with van der Waals surface area (Å²) in [5, 5.41) is 4.46. The molecule has 1 saturated carbocycles. The first-order chi connectivity index (χ1) is 8.69. The van der Waals surface area contributed by atoms with Crippen LogP contribution in [0, 0.1) is 0 Å². The number of halogens is 1. The molecule has 0 heterocycles. The molecule has 0 radical (unpaired) electrons. The second-order valence-corrected chi connectivity index (χ2v) is 5.70. The van der Waals surface area contributed by atoms with Crippen molar-refractivity contribution in [1.82, 2.24) is 10.2 Å². The normalized spacial score (nSPS) is 23.1. The minimum Gasteiger partial charge on any atom is -0.313 e. The van der Waals surface area contributed by atoms with Crippen molar-refractivity contribution in [3.8, 4) is 0 Å². The number of nitrogens with one attached hydrogen (secondary N) is 1. The lowest BCUT2D eigenvalue weighted by atomic mass is 9.76. The molecule has 1 aromatic rings. The Morgan fingerprint density at radius 3 is 2.56 bits per heavy atom. The smallest absolute Gasteiger partial charge is 0.0406 e. The minimum absolute atomic E-state index is 0.705. The average Bonchev–Trinajstić information content (AvgIpc) is 2.33. The van der Waals surface area contributed by atoms with Gasteiger partial charge in [0, 0.05) is 24.2 Å². The lowest BCUT2D eigenvalue weighted by Gasteiger charge is -2.36. The van der Waals surface area contributed by atoms with Crippen LogP contribution in [0.1, 0.15) is 31.2 Å². The van der Waals surface area contributed by atoms with Gasteiger partial charge >= 0.3 is 0 Å². The van der Waals surface area contributed by atoms with E-state index in [0.717, 1.165) is 30.6 Å². The first kappa shape index (κ1) is 13.9. The molecule has 0 saturated heterocycles. The van der Waals surface area contributed by atoms with Gasteiger partial charge in [-0.2, -0.15) is 0 Å². The molecule has 3 heteroatoms. The maximum absolute atomic E-state index is 5.90. The molecular weight excluding hydrogens is 244 g/mol. The number of nitrogens with zero attached hydrogens (tertiary/aromatic N) is 1. The van der Waals surface area contributed by atoms with Crippen LogP contribution < -0.4 is 5.32 Å². The average molecular weight is 267 g/mol. The summed E-state index contributed by atoms with van der Waals surface area (Å²) in [5.41, 5.74) is 1.43. The lowest BCUT2D eigenvalue weighted by molar-refractivity contribution is 0.270. The minimum atomic E-state index is 0.705. The van der Waals surface area contributed by atoms with Crippen molar-refractivity contribution in [2.75, 3.05) is 26.7 Å². The third-order valence-corrected chi connectivity index (χ3v) is 4.20. The highest BCUT2D eigenvalue weighted by atomic mass is 35.5. The van der Waals surface area contributed by atoms with E-state index in [1.54, 1.807) is 0 Å². The Hall–Kier alpha value is -0.570. The lowest BCUT2D eigenvalue weighted by Crippen LogP contribution is -2.43. The molecule has 0 amide bonds. The highest BCUT2D eigenvalue weighted by Crippen LogP contribution is 2.37. The van der Waals surface area contributed by atoms with Crippen molar-refractivity contribution in [3.63, 3.8) is 0 Å². The van der Waals surface area contributed by atoms with Crippen molar-refractivity contribution in [3.05, 3.63) is 34.9 Å². The van der Waals surface area contributed by atoms with Crippen LogP contribution in [0.15, 0.2) is 24.3 Å². The van der Waals surface area contributed by atoms with Crippen LogP contribution in [0.3, 0.4) is 0 Å². The molecule has 1 fully saturated rings. The first-order valence-electron chi connectivity index (χ1n) is 6.86. The van der Waals surface area contributed by atoms with E-state index < -0.39 is 0 Å². The highest BCUT2D eigenvalue weighted by molar-refractivity contribution is 6.30. The van der Waals surface area contributed by atoms with Crippen molar-refractivity contribution in [2.24, 2.45) is 0 Å². The number of benzene rings is 1. The predicted molar refractivity (Wildman–Crippen MR) is 78.4 cm³/mol. The van der Waals surface area contributed by atoms with Gasteiger partial charge in [0.1, 0.15) is 0 Å². The van der Waals surface area contributed by atoms with Gasteiger partial charge in [-0.15, -0.1) is 0 Å². The summed E-state index contributed by atoms with van der Waals surface area (Å²) >= 11 is 5.90. The Labute approximate surface area is 115 Å². The zero-order valence-electron chi connectivity index (χ0n) is 11.3. The number of likely N-dealkylation sites (N-methyl/N-ethyl adjacent to an activating group) is 1. The van der Waals surface area contributed by atoms with Crippen LogP contribution in [-0.4, -0.2) is 37.6 Å². The molecule has 18 heavy (non-hydrogen) atoms. The molecule has 100 valence electrons. The van der Waals surface area contributed by atoms with Gasteiger partial charge in [-0.05, 0) is 50.0 Å². The third-order valence-electron chi connectivity index (χ3n) is 3.95. The monoisotopic (exact) mass is 266 g/mol. The molecule has 2 nitrogen and oxygen atoms in total. The molecule has 1 aliphatic rings. The van der Waals surface area contributed by atoms with Gasteiger partial charge in [0.05, 0.1) is 0 Å². The number of hydrogen-bond donors (Lipinski definition) is 1. The predicted octanol–water partition coefficient (Wildman–Crippen LogP) is 3.13. The molecular formula is C15H23ClN2. The molecule has 1 aliphatic carbocycles. The van der Waals surface area contributed by atoms with Crippen molar-refractivity contribution >= 4 is 11.6 Å². The van der Waals surface area contributed by atoms with Crippen LogP contribution in [-0.2, 0) is 0 Å². The van der Waals surface area contributed by atoms with Gasteiger partial charge < -0.3 is 10.2 Å². The van der Waals surface area contributed by atoms with E-state index >= 15 is 0 Å². The van der Waals surface area contributed by atoms with Crippen LogP contribution >= 0.6 is 11.6 Å². The Kier molecular flexibility index (Phi) is 5.04. The summed E-state index contributed by atoms with van der Waals surface area (Å²) in [6.45, 7) is 5.56. The van der Waals surface area contributed by atoms with Crippen molar-refractivity contribution < 1.29 is 0 Å². The largest absolute Gasteiger partial charge is 0.313 e. The SMILES string of the molecule is CCN(C)CCNC1CC(c2ccc(Cl)cc2)C1. The van der Waals surface area contributed by atoms with E-state index in [4.69, 9.17) is 11.6 Å². The molecule has 0 spiro atoms. The van der Waals surface area contributed by atoms with E-state index in [-0.39, 0.29) is 0 Å². The number of rotatable bonds is 6. The van der Waals surface area contributed by atoms with E-state index in [2.05, 4.69) is 36.3 Å². The van der Waals surface area contributed by atoms with E-state index in [1.165, 1.54) is 18.4 Å². The van der Waals surface area contributed by atoms with Crippen molar-refractivity contribution in [2.45, 2.75) is 31.7 Å². The Bertz CT molecular complexity index is 357. The summed E-state index contributed by atoms with van der Waals surface area (Å²) in [6.07, 6.45) is 2.52. The molecule has 0 aromatic heterocycles. The second kappa shape index (κ2) is 6.55. The summed E-state index contributed by atoms with van der Waals surface area (Å²) < 4.78 is 0. The molecule has 1 aromatic carbocycles. The second-order valence-electron chi connectivity index (χ2n) is 5.27. The Balaban J connectivity index is 1.66. The standard InChI is InChI=1S/C15H23ClN2/c1-3-18(2)9-8-17-15-10-13(11-15)12-4-6-14(16)7-5-12/h4-7,13,15,17H,3,8-11H2,1-2H3. The zero-order valence-corrected chi connectivity index (χ0v) is 12.1. The van der Waals surface area contributed by atoms with Crippen LogP contribution in [0.5, 0.6) is 0 Å². The molecule has 0 aliphatic heterocycles. The van der Waals surface area contributed by atoms with Crippen LogP contribution in [0.4, 0.5) is 0 Å². The molecule has 0 atom stereocenters. The maximum Gasteiger partial charge on any atom is 0.0406 e. The molecule has 0 unspecified atom stereocenters. The summed E-state index contributed by atoms with van der Waals surface area (Å²) in [6, 6.07) is 9.01. The fourth-order valence-electron chi connectivity index (χ4n) is 2.41. The summed E-state index contributed by atoms with van der Waals surface area (Å²) in [5.74, 6) is 0.726. The van der Waals surface area contributed by atoms with E-state index in [9.17, 15) is 0 Å². The summed E-state index contributed by atoms with van der Waals surface area (Å²) in [7, 11) is 2.17.